The van der Waals surface area contributed by atoms with E-state index in [1.165, 1.54) is 25.0 Å². The Labute approximate surface area is 208 Å². The van der Waals surface area contributed by atoms with Gasteiger partial charge in [0.1, 0.15) is 11.5 Å². The van der Waals surface area contributed by atoms with E-state index in [9.17, 15) is 8.78 Å². The Morgan fingerprint density at radius 2 is 1.97 bits per heavy atom. The van der Waals surface area contributed by atoms with E-state index in [4.69, 9.17) is 9.47 Å². The molecule has 2 fully saturated rings. The molecule has 1 saturated heterocycles. The third-order valence-electron chi connectivity index (χ3n) is 7.80. The minimum absolute atomic E-state index is 0.214. The van der Waals surface area contributed by atoms with E-state index >= 15 is 0 Å². The van der Waals surface area contributed by atoms with E-state index < -0.39 is 6.43 Å². The van der Waals surface area contributed by atoms with Crippen LogP contribution in [0.5, 0.6) is 0 Å². The van der Waals surface area contributed by atoms with Crippen LogP contribution in [0.1, 0.15) is 87.8 Å². The average molecular weight is 491 g/mol. The van der Waals surface area contributed by atoms with Crippen molar-refractivity contribution in [1.29, 1.82) is 0 Å². The molecule has 3 atom stereocenters. The van der Waals surface area contributed by atoms with Gasteiger partial charge in [0.25, 0.3) is 6.43 Å². The normalized spacial score (nSPS) is 25.2. The van der Waals surface area contributed by atoms with Gasteiger partial charge >= 0.3 is 0 Å². The van der Waals surface area contributed by atoms with Gasteiger partial charge in [-0.05, 0) is 79.7 Å². The number of thioether (sulfide) groups is 1. The molecule has 2 aliphatic carbocycles. The lowest BCUT2D eigenvalue weighted by Crippen LogP contribution is -2.34. The van der Waals surface area contributed by atoms with Gasteiger partial charge in [0, 0.05) is 23.0 Å². The fraction of sp³-hybridized carbons (Fsp3) is 0.655. The third kappa shape index (κ3) is 5.83. The van der Waals surface area contributed by atoms with E-state index in [1.807, 2.05) is 17.8 Å². The van der Waals surface area contributed by atoms with Crippen LogP contribution in [0.2, 0.25) is 0 Å². The second-order valence-corrected chi connectivity index (χ2v) is 11.3. The van der Waals surface area contributed by atoms with Gasteiger partial charge < -0.3 is 9.47 Å². The summed E-state index contributed by atoms with van der Waals surface area (Å²) < 4.78 is 40.7. The quantitative estimate of drug-likeness (QED) is 0.244. The van der Waals surface area contributed by atoms with E-state index in [0.717, 1.165) is 74.2 Å². The Morgan fingerprint density at radius 1 is 1.12 bits per heavy atom. The maximum Gasteiger partial charge on any atom is 0.264 e. The van der Waals surface area contributed by atoms with Gasteiger partial charge in [-0.15, -0.1) is 0 Å². The lowest BCUT2D eigenvalue weighted by Gasteiger charge is -2.36. The van der Waals surface area contributed by atoms with E-state index in [-0.39, 0.29) is 16.9 Å². The number of fused-ring (bicyclic) bond motifs is 1. The molecule has 1 aromatic rings. The van der Waals surface area contributed by atoms with Crippen LogP contribution in [0.3, 0.4) is 0 Å². The first-order valence-electron chi connectivity index (χ1n) is 13.2. The van der Waals surface area contributed by atoms with Crippen molar-refractivity contribution in [3.8, 4) is 0 Å². The smallest absolute Gasteiger partial charge is 0.264 e. The Kier molecular flexibility index (Phi) is 9.01. The van der Waals surface area contributed by atoms with Crippen molar-refractivity contribution in [3.63, 3.8) is 0 Å². The molecule has 34 heavy (non-hydrogen) atoms. The number of rotatable bonds is 14. The molecule has 2 nitrogen and oxygen atoms in total. The molecule has 5 heteroatoms. The van der Waals surface area contributed by atoms with Gasteiger partial charge in [-0.1, -0.05) is 44.7 Å². The van der Waals surface area contributed by atoms with Gasteiger partial charge in [0.05, 0.1) is 13.2 Å². The molecule has 3 aliphatic rings. The number of ether oxygens (including phenoxy) is 2. The molecule has 1 heterocycles. The number of aryl methyl sites for hydroxylation is 1. The maximum absolute atomic E-state index is 14.2. The van der Waals surface area contributed by atoms with Crippen LogP contribution >= 0.6 is 11.8 Å². The summed E-state index contributed by atoms with van der Waals surface area (Å²) in [6, 6.07) is 5.82. The molecule has 0 N–H and O–H groups in total. The Hall–Kier alpha value is -1.49. The van der Waals surface area contributed by atoms with Crippen molar-refractivity contribution in [2.24, 2.45) is 11.8 Å². The summed E-state index contributed by atoms with van der Waals surface area (Å²) in [6.45, 7) is 3.38. The van der Waals surface area contributed by atoms with E-state index in [1.54, 1.807) is 6.07 Å². The summed E-state index contributed by atoms with van der Waals surface area (Å²) in [4.78, 5) is 0. The summed E-state index contributed by atoms with van der Waals surface area (Å²) >= 11 is 1.90. The van der Waals surface area contributed by atoms with Gasteiger partial charge in [-0.2, -0.15) is 11.8 Å². The van der Waals surface area contributed by atoms with Crippen molar-refractivity contribution in [2.45, 2.75) is 83.0 Å². The van der Waals surface area contributed by atoms with Crippen molar-refractivity contribution in [2.75, 3.05) is 25.2 Å². The van der Waals surface area contributed by atoms with Crippen molar-refractivity contribution in [1.82, 2.24) is 0 Å². The van der Waals surface area contributed by atoms with Crippen molar-refractivity contribution < 1.29 is 18.3 Å². The average Bonchev–Trinajstić information content (AvgIpc) is 3.19. The summed E-state index contributed by atoms with van der Waals surface area (Å²) in [5.41, 5.74) is 1.71. The highest BCUT2D eigenvalue weighted by atomic mass is 32.2. The minimum atomic E-state index is -2.46. The molecule has 3 unspecified atom stereocenters. The van der Waals surface area contributed by atoms with E-state index in [2.05, 4.69) is 31.4 Å². The molecule has 1 saturated carbocycles. The lowest BCUT2D eigenvalue weighted by molar-refractivity contribution is 0.0827. The summed E-state index contributed by atoms with van der Waals surface area (Å²) in [7, 11) is 0. The van der Waals surface area contributed by atoms with Gasteiger partial charge in [-0.3, -0.25) is 0 Å². The molecule has 4 rings (SSSR count). The monoisotopic (exact) mass is 490 g/mol. The number of benzene rings is 1. The first kappa shape index (κ1) is 25.6. The Morgan fingerprint density at radius 3 is 2.76 bits per heavy atom. The Balaban J connectivity index is 1.42. The highest BCUT2D eigenvalue weighted by Crippen LogP contribution is 2.57. The van der Waals surface area contributed by atoms with Crippen LogP contribution < -0.4 is 0 Å². The van der Waals surface area contributed by atoms with Crippen molar-refractivity contribution >= 4 is 11.8 Å². The number of alkyl halides is 2. The van der Waals surface area contributed by atoms with Crippen molar-refractivity contribution in [3.05, 3.63) is 58.6 Å². The molecule has 188 valence electrons. The van der Waals surface area contributed by atoms with Gasteiger partial charge in [0.2, 0.25) is 0 Å². The molecule has 2 bridgehead atoms. The first-order valence-corrected chi connectivity index (χ1v) is 14.5. The molecule has 0 spiro atoms. The Bertz CT molecular complexity index is 881. The molecular formula is C29H40F2O2S. The van der Waals surface area contributed by atoms with Crippen LogP contribution in [0.15, 0.2) is 41.9 Å². The maximum atomic E-state index is 14.2. The molecular weight excluding hydrogens is 450 g/mol. The second-order valence-electron chi connectivity index (χ2n) is 10.3. The minimum Gasteiger partial charge on any atom is -0.497 e. The zero-order chi connectivity index (χ0) is 24.0. The number of hydrogen-bond acceptors (Lipinski definition) is 3. The second kappa shape index (κ2) is 12.0. The highest BCUT2D eigenvalue weighted by molar-refractivity contribution is 7.98. The number of allylic oxidation sites excluding steroid dienone is 3. The topological polar surface area (TPSA) is 18.5 Å². The van der Waals surface area contributed by atoms with Crippen LogP contribution in [0, 0.1) is 11.8 Å². The van der Waals surface area contributed by atoms with Gasteiger partial charge in [0.15, 0.2) is 0 Å². The molecule has 0 radical (unpaired) electrons. The van der Waals surface area contributed by atoms with E-state index in [0.29, 0.717) is 12.5 Å². The molecule has 0 amide bonds. The van der Waals surface area contributed by atoms with Crippen LogP contribution in [0.4, 0.5) is 8.78 Å². The third-order valence-corrected chi connectivity index (χ3v) is 8.50. The number of unbranched alkanes of at least 4 members (excludes halogenated alkanes) is 5. The highest BCUT2D eigenvalue weighted by Gasteiger charge is 2.53. The lowest BCUT2D eigenvalue weighted by atomic mass is 9.75. The van der Waals surface area contributed by atoms with Gasteiger partial charge in [-0.25, -0.2) is 8.78 Å². The van der Waals surface area contributed by atoms with Crippen LogP contribution in [-0.2, 0) is 21.3 Å². The standard InChI is InChI=1S/C29H40F2O2S/c1-3-4-7-10-21-11-12-26(24(15-21)28(30)31)29-18-22-16-23(17-27(33-20-29)25(22)19-29)32-13-8-5-6-9-14-34-2/h11-12,15-17,22,25,28H,3-10,13-14,18-20H2,1-2H3. The summed E-state index contributed by atoms with van der Waals surface area (Å²) in [6.07, 6.45) is 14.7. The molecule has 1 aliphatic heterocycles. The fourth-order valence-corrected chi connectivity index (χ4v) is 6.51. The summed E-state index contributed by atoms with van der Waals surface area (Å²) in [5.74, 6) is 3.70. The summed E-state index contributed by atoms with van der Waals surface area (Å²) in [5, 5.41) is 0. The van der Waals surface area contributed by atoms with Crippen LogP contribution in [0.25, 0.3) is 0 Å². The predicted molar refractivity (Wildman–Crippen MR) is 137 cm³/mol. The number of hydrogen-bond donors (Lipinski definition) is 0. The molecule has 1 aromatic carbocycles. The van der Waals surface area contributed by atoms with Crippen LogP contribution in [-0.4, -0.2) is 25.2 Å². The fourth-order valence-electron chi connectivity index (χ4n) is 6.02. The largest absolute Gasteiger partial charge is 0.497 e. The molecule has 0 aromatic heterocycles. The number of halogens is 2. The SMILES string of the molecule is CCCCCc1ccc(C23COC4=CC(OCCCCCCSC)=CC(C2)C4C3)c(C(F)F)c1. The zero-order valence-corrected chi connectivity index (χ0v) is 21.6. The zero-order valence-electron chi connectivity index (χ0n) is 20.8. The first-order chi connectivity index (χ1) is 16.6. The predicted octanol–water partition coefficient (Wildman–Crippen LogP) is 8.37.